The Morgan fingerprint density at radius 3 is 2.79 bits per heavy atom. The van der Waals surface area contributed by atoms with E-state index >= 15 is 0 Å². The van der Waals surface area contributed by atoms with Gasteiger partial charge < -0.3 is 9.84 Å². The summed E-state index contributed by atoms with van der Waals surface area (Å²) in [5.74, 6) is -1.61. The first-order valence-corrected chi connectivity index (χ1v) is 6.27. The monoisotopic (exact) mass is 331 g/mol. The third-order valence-corrected chi connectivity index (χ3v) is 3.52. The van der Waals surface area contributed by atoms with E-state index in [1.54, 1.807) is 6.07 Å². The summed E-state index contributed by atoms with van der Waals surface area (Å²) >= 11 is 3.16. The molecule has 0 saturated carbocycles. The van der Waals surface area contributed by atoms with Crippen LogP contribution in [0.25, 0.3) is 0 Å². The molecule has 2 rings (SSSR count). The molecule has 1 aromatic carbocycles. The quantitative estimate of drug-likeness (QED) is 0.856. The molecular formula is C12H11BrFNO4. The second-order valence-electron chi connectivity index (χ2n) is 4.18. The maximum atomic E-state index is 13.8. The van der Waals surface area contributed by atoms with Crippen LogP contribution in [0.1, 0.15) is 11.1 Å². The maximum Gasteiger partial charge on any atom is 0.410 e. The van der Waals surface area contributed by atoms with Gasteiger partial charge in [-0.05, 0) is 17.7 Å². The summed E-state index contributed by atoms with van der Waals surface area (Å²) in [6.45, 7) is -0.113. The average molecular weight is 332 g/mol. The highest BCUT2D eigenvalue weighted by Gasteiger charge is 2.36. The first-order chi connectivity index (χ1) is 8.93. The fourth-order valence-corrected chi connectivity index (χ4v) is 2.62. The molecule has 0 saturated heterocycles. The van der Waals surface area contributed by atoms with E-state index in [9.17, 15) is 14.0 Å². The molecule has 1 N–H and O–H groups in total. The highest BCUT2D eigenvalue weighted by Crippen LogP contribution is 2.29. The lowest BCUT2D eigenvalue weighted by molar-refractivity contribution is -0.143. The fourth-order valence-electron chi connectivity index (χ4n) is 2.14. The molecule has 0 spiro atoms. The normalized spacial score (nSPS) is 17.8. The van der Waals surface area contributed by atoms with Gasteiger partial charge in [-0.1, -0.05) is 15.9 Å². The number of rotatable bonds is 1. The molecule has 0 radical (unpaired) electrons. The molecule has 1 amide bonds. The Labute approximate surface area is 117 Å². The molecule has 7 heteroatoms. The van der Waals surface area contributed by atoms with E-state index in [4.69, 9.17) is 5.11 Å². The van der Waals surface area contributed by atoms with Crippen LogP contribution in [0.4, 0.5) is 9.18 Å². The van der Waals surface area contributed by atoms with Gasteiger partial charge in [-0.25, -0.2) is 14.0 Å². The third-order valence-electron chi connectivity index (χ3n) is 3.06. The van der Waals surface area contributed by atoms with Crippen molar-refractivity contribution in [2.24, 2.45) is 0 Å². The van der Waals surface area contributed by atoms with Crippen LogP contribution in [0.2, 0.25) is 0 Å². The van der Waals surface area contributed by atoms with E-state index in [1.807, 2.05) is 0 Å². The van der Waals surface area contributed by atoms with Gasteiger partial charge in [0.15, 0.2) is 0 Å². The summed E-state index contributed by atoms with van der Waals surface area (Å²) in [5, 5.41) is 9.16. The number of halogens is 2. The summed E-state index contributed by atoms with van der Waals surface area (Å²) in [6.07, 6.45) is -0.726. The number of carboxylic acid groups (broad SMARTS) is 1. The minimum absolute atomic E-state index is 0.0517. The molecule has 102 valence electrons. The lowest BCUT2D eigenvalue weighted by Gasteiger charge is -2.33. The van der Waals surface area contributed by atoms with Crippen molar-refractivity contribution in [3.05, 3.63) is 33.5 Å². The molecule has 19 heavy (non-hydrogen) atoms. The van der Waals surface area contributed by atoms with Gasteiger partial charge in [-0.2, -0.15) is 0 Å². The van der Waals surface area contributed by atoms with Crippen molar-refractivity contribution in [2.45, 2.75) is 19.0 Å². The number of methoxy groups -OCH3 is 1. The van der Waals surface area contributed by atoms with Crippen molar-refractivity contribution in [3.63, 3.8) is 0 Å². The van der Waals surface area contributed by atoms with E-state index < -0.39 is 23.9 Å². The predicted molar refractivity (Wildman–Crippen MR) is 67.2 cm³/mol. The van der Waals surface area contributed by atoms with Crippen molar-refractivity contribution in [1.82, 2.24) is 4.90 Å². The number of amides is 1. The first-order valence-electron chi connectivity index (χ1n) is 5.48. The molecular weight excluding hydrogens is 321 g/mol. The number of carboxylic acids is 1. The summed E-state index contributed by atoms with van der Waals surface area (Å²) in [7, 11) is 1.16. The number of aliphatic carboxylic acids is 1. The summed E-state index contributed by atoms with van der Waals surface area (Å²) in [6, 6.07) is 1.91. The van der Waals surface area contributed by atoms with Crippen LogP contribution in [0.5, 0.6) is 0 Å². The molecule has 0 aromatic heterocycles. The molecule has 5 nitrogen and oxygen atoms in total. The highest BCUT2D eigenvalue weighted by atomic mass is 79.9. The van der Waals surface area contributed by atoms with Crippen molar-refractivity contribution in [1.29, 1.82) is 0 Å². The number of nitrogens with zero attached hydrogens (tertiary/aromatic N) is 1. The summed E-state index contributed by atoms with van der Waals surface area (Å²) in [5.41, 5.74) is 0.908. The minimum atomic E-state index is -1.14. The number of carbonyl (C=O) groups is 2. The lowest BCUT2D eigenvalue weighted by atomic mass is 9.94. The highest BCUT2D eigenvalue weighted by molar-refractivity contribution is 9.10. The number of ether oxygens (including phenoxy) is 1. The van der Waals surface area contributed by atoms with Crippen LogP contribution >= 0.6 is 15.9 Å². The standard InChI is InChI=1S/C12H11BrFNO4/c1-19-12(18)15-5-8-6(3-10(15)11(16)17)2-7(13)4-9(8)14/h2,4,10H,3,5H2,1H3,(H,16,17). The Morgan fingerprint density at radius 1 is 1.53 bits per heavy atom. The predicted octanol–water partition coefficient (Wildman–Crippen LogP) is 2.17. The van der Waals surface area contributed by atoms with Gasteiger partial charge >= 0.3 is 12.1 Å². The van der Waals surface area contributed by atoms with E-state index in [-0.39, 0.29) is 13.0 Å². The van der Waals surface area contributed by atoms with Gasteiger partial charge in [0.2, 0.25) is 0 Å². The fraction of sp³-hybridized carbons (Fsp3) is 0.333. The largest absolute Gasteiger partial charge is 0.480 e. The smallest absolute Gasteiger partial charge is 0.410 e. The molecule has 1 aliphatic rings. The van der Waals surface area contributed by atoms with Gasteiger partial charge in [0.1, 0.15) is 11.9 Å². The van der Waals surface area contributed by atoms with E-state index in [0.717, 1.165) is 12.0 Å². The molecule has 0 aliphatic carbocycles. The molecule has 1 atom stereocenters. The third kappa shape index (κ3) is 2.56. The van der Waals surface area contributed by atoms with E-state index in [2.05, 4.69) is 20.7 Å². The van der Waals surface area contributed by atoms with Crippen LogP contribution in [-0.4, -0.2) is 35.2 Å². The molecule has 1 aromatic rings. The number of hydrogen-bond acceptors (Lipinski definition) is 3. The van der Waals surface area contributed by atoms with Gasteiger partial charge in [-0.15, -0.1) is 0 Å². The Hall–Kier alpha value is -1.63. The van der Waals surface area contributed by atoms with Crippen LogP contribution in [0.15, 0.2) is 16.6 Å². The van der Waals surface area contributed by atoms with Crippen molar-refractivity contribution in [3.8, 4) is 0 Å². The van der Waals surface area contributed by atoms with Crippen molar-refractivity contribution in [2.75, 3.05) is 7.11 Å². The van der Waals surface area contributed by atoms with Gasteiger partial charge in [-0.3, -0.25) is 4.90 Å². The Bertz CT molecular complexity index is 549. The second-order valence-corrected chi connectivity index (χ2v) is 5.10. The van der Waals surface area contributed by atoms with E-state index in [1.165, 1.54) is 6.07 Å². The zero-order valence-electron chi connectivity index (χ0n) is 10.0. The van der Waals surface area contributed by atoms with E-state index in [0.29, 0.717) is 15.6 Å². The number of fused-ring (bicyclic) bond motifs is 1. The maximum absolute atomic E-state index is 13.8. The average Bonchev–Trinajstić information content (AvgIpc) is 2.36. The zero-order valence-corrected chi connectivity index (χ0v) is 11.6. The summed E-state index contributed by atoms with van der Waals surface area (Å²) in [4.78, 5) is 23.8. The topological polar surface area (TPSA) is 66.8 Å². The van der Waals surface area contributed by atoms with Crippen LogP contribution < -0.4 is 0 Å². The lowest BCUT2D eigenvalue weighted by Crippen LogP contribution is -2.48. The molecule has 1 unspecified atom stereocenters. The Morgan fingerprint density at radius 2 is 2.21 bits per heavy atom. The minimum Gasteiger partial charge on any atom is -0.480 e. The van der Waals surface area contributed by atoms with Crippen LogP contribution in [0.3, 0.4) is 0 Å². The molecule has 0 bridgehead atoms. The number of carbonyl (C=O) groups excluding carboxylic acids is 1. The van der Waals surface area contributed by atoms with Gasteiger partial charge in [0.25, 0.3) is 0 Å². The Balaban J connectivity index is 2.45. The number of hydrogen-bond donors (Lipinski definition) is 1. The number of benzene rings is 1. The van der Waals surface area contributed by atoms with Crippen molar-refractivity contribution < 1.29 is 23.8 Å². The summed E-state index contributed by atoms with van der Waals surface area (Å²) < 4.78 is 18.9. The first kappa shape index (κ1) is 13.8. The SMILES string of the molecule is COC(=O)N1Cc2c(F)cc(Br)cc2CC1C(=O)O. The molecule has 0 fully saturated rings. The Kier molecular flexibility index (Phi) is 3.75. The van der Waals surface area contributed by atoms with Crippen LogP contribution in [0, 0.1) is 5.82 Å². The zero-order chi connectivity index (χ0) is 14.2. The van der Waals surface area contributed by atoms with Crippen LogP contribution in [-0.2, 0) is 22.5 Å². The second kappa shape index (κ2) is 5.16. The molecule has 1 heterocycles. The van der Waals surface area contributed by atoms with Gasteiger partial charge in [0.05, 0.1) is 13.7 Å². The molecule has 1 aliphatic heterocycles. The van der Waals surface area contributed by atoms with Gasteiger partial charge in [0, 0.05) is 16.5 Å². The van der Waals surface area contributed by atoms with Crippen molar-refractivity contribution >= 4 is 28.0 Å².